The summed E-state index contributed by atoms with van der Waals surface area (Å²) in [6, 6.07) is 15.0. The molecule has 1 heterocycles. The molecule has 0 saturated carbocycles. The van der Waals surface area contributed by atoms with Crippen LogP contribution in [0.25, 0.3) is 17.0 Å². The molecule has 0 aliphatic rings. The Balaban J connectivity index is 1.69. The quantitative estimate of drug-likeness (QED) is 0.507. The lowest BCUT2D eigenvalue weighted by atomic mass is 10.2. The molecule has 0 spiro atoms. The number of aromatic amines is 1. The van der Waals surface area contributed by atoms with Crippen molar-refractivity contribution in [3.05, 3.63) is 66.4 Å². The standard InChI is InChI=1S/C17H15N3O/c18-14-4-1-12(2-5-14)3-8-17(21)20-15-6-7-16-13(11-15)9-10-19-16/h1-11,19H,18H2,(H,20,21)/b8-3+. The maximum atomic E-state index is 11.9. The first-order chi connectivity index (χ1) is 10.2. The highest BCUT2D eigenvalue weighted by molar-refractivity contribution is 6.02. The van der Waals surface area contributed by atoms with E-state index in [0.717, 1.165) is 22.2 Å². The minimum absolute atomic E-state index is 0.165. The zero-order valence-electron chi connectivity index (χ0n) is 11.3. The minimum atomic E-state index is -0.165. The van der Waals surface area contributed by atoms with E-state index in [1.807, 2.05) is 42.6 Å². The molecule has 0 atom stereocenters. The largest absolute Gasteiger partial charge is 0.399 e. The normalized spacial score (nSPS) is 11.0. The number of fused-ring (bicyclic) bond motifs is 1. The lowest BCUT2D eigenvalue weighted by Gasteiger charge is -2.02. The highest BCUT2D eigenvalue weighted by Gasteiger charge is 2.00. The molecule has 0 saturated heterocycles. The van der Waals surface area contributed by atoms with Gasteiger partial charge >= 0.3 is 0 Å². The van der Waals surface area contributed by atoms with Gasteiger partial charge in [0.25, 0.3) is 0 Å². The number of H-pyrrole nitrogens is 1. The van der Waals surface area contributed by atoms with E-state index in [1.54, 1.807) is 18.2 Å². The number of amides is 1. The van der Waals surface area contributed by atoms with E-state index in [2.05, 4.69) is 10.3 Å². The number of rotatable bonds is 3. The molecule has 4 N–H and O–H groups in total. The van der Waals surface area contributed by atoms with Crippen molar-refractivity contribution in [2.75, 3.05) is 11.1 Å². The van der Waals surface area contributed by atoms with Crippen molar-refractivity contribution in [1.29, 1.82) is 0 Å². The van der Waals surface area contributed by atoms with Crippen molar-refractivity contribution in [2.45, 2.75) is 0 Å². The van der Waals surface area contributed by atoms with Crippen LogP contribution in [0.4, 0.5) is 11.4 Å². The second-order valence-electron chi connectivity index (χ2n) is 4.77. The van der Waals surface area contributed by atoms with E-state index >= 15 is 0 Å². The summed E-state index contributed by atoms with van der Waals surface area (Å²) in [5.41, 5.74) is 9.07. The Morgan fingerprint density at radius 3 is 2.71 bits per heavy atom. The molecule has 21 heavy (non-hydrogen) atoms. The van der Waals surface area contributed by atoms with Crippen LogP contribution in [0.1, 0.15) is 5.56 Å². The van der Waals surface area contributed by atoms with Crippen LogP contribution in [0.2, 0.25) is 0 Å². The van der Waals surface area contributed by atoms with Crippen LogP contribution in [-0.4, -0.2) is 10.9 Å². The third-order valence-electron chi connectivity index (χ3n) is 3.18. The Labute approximate surface area is 122 Å². The van der Waals surface area contributed by atoms with Gasteiger partial charge in [-0.15, -0.1) is 0 Å². The van der Waals surface area contributed by atoms with Gasteiger partial charge in [-0.1, -0.05) is 12.1 Å². The number of anilines is 2. The van der Waals surface area contributed by atoms with E-state index < -0.39 is 0 Å². The van der Waals surface area contributed by atoms with Crippen LogP contribution in [0.15, 0.2) is 60.8 Å². The van der Waals surface area contributed by atoms with Gasteiger partial charge in [-0.2, -0.15) is 0 Å². The van der Waals surface area contributed by atoms with E-state index in [-0.39, 0.29) is 5.91 Å². The summed E-state index contributed by atoms with van der Waals surface area (Å²) in [6.07, 6.45) is 5.13. The van der Waals surface area contributed by atoms with Crippen molar-refractivity contribution in [3.8, 4) is 0 Å². The number of hydrogen-bond acceptors (Lipinski definition) is 2. The minimum Gasteiger partial charge on any atom is -0.399 e. The zero-order valence-corrected chi connectivity index (χ0v) is 11.3. The lowest BCUT2D eigenvalue weighted by molar-refractivity contribution is -0.111. The molecule has 0 radical (unpaired) electrons. The molecule has 0 fully saturated rings. The fourth-order valence-corrected chi connectivity index (χ4v) is 2.09. The van der Waals surface area contributed by atoms with E-state index in [9.17, 15) is 4.79 Å². The summed E-state index contributed by atoms with van der Waals surface area (Å²) in [6.45, 7) is 0. The first-order valence-corrected chi connectivity index (χ1v) is 6.62. The van der Waals surface area contributed by atoms with Gasteiger partial charge in [0, 0.05) is 34.6 Å². The monoisotopic (exact) mass is 277 g/mol. The second kappa shape index (κ2) is 5.54. The van der Waals surface area contributed by atoms with Crippen LogP contribution in [0.5, 0.6) is 0 Å². The van der Waals surface area contributed by atoms with Crippen LogP contribution in [-0.2, 0) is 4.79 Å². The highest BCUT2D eigenvalue weighted by Crippen LogP contribution is 2.17. The molecule has 1 aromatic heterocycles. The molecular weight excluding hydrogens is 262 g/mol. The van der Waals surface area contributed by atoms with Gasteiger partial charge in [0.2, 0.25) is 5.91 Å². The fraction of sp³-hybridized carbons (Fsp3) is 0. The van der Waals surface area contributed by atoms with Gasteiger partial charge < -0.3 is 16.0 Å². The van der Waals surface area contributed by atoms with Gasteiger partial charge in [0.15, 0.2) is 0 Å². The summed E-state index contributed by atoms with van der Waals surface area (Å²) < 4.78 is 0. The fourth-order valence-electron chi connectivity index (χ4n) is 2.09. The Morgan fingerprint density at radius 2 is 1.90 bits per heavy atom. The van der Waals surface area contributed by atoms with Gasteiger partial charge in [0.05, 0.1) is 0 Å². The van der Waals surface area contributed by atoms with Gasteiger partial charge in [0.1, 0.15) is 0 Å². The van der Waals surface area contributed by atoms with Crippen molar-refractivity contribution in [1.82, 2.24) is 4.98 Å². The van der Waals surface area contributed by atoms with Crippen molar-refractivity contribution < 1.29 is 4.79 Å². The third-order valence-corrected chi connectivity index (χ3v) is 3.18. The molecule has 2 aromatic carbocycles. The number of aromatic nitrogens is 1. The summed E-state index contributed by atoms with van der Waals surface area (Å²) >= 11 is 0. The average Bonchev–Trinajstić information content (AvgIpc) is 2.94. The number of benzene rings is 2. The van der Waals surface area contributed by atoms with Crippen molar-refractivity contribution in [2.24, 2.45) is 0 Å². The Morgan fingerprint density at radius 1 is 1.10 bits per heavy atom. The van der Waals surface area contributed by atoms with Crippen LogP contribution >= 0.6 is 0 Å². The molecule has 3 aromatic rings. The van der Waals surface area contributed by atoms with Crippen LogP contribution < -0.4 is 11.1 Å². The SMILES string of the molecule is Nc1ccc(/C=C/C(=O)Nc2ccc3[nH]ccc3c2)cc1. The van der Waals surface area contributed by atoms with Crippen molar-refractivity contribution in [3.63, 3.8) is 0 Å². The summed E-state index contributed by atoms with van der Waals surface area (Å²) in [7, 11) is 0. The van der Waals surface area contributed by atoms with Crippen LogP contribution in [0, 0.1) is 0 Å². The maximum absolute atomic E-state index is 11.9. The molecule has 4 heteroatoms. The van der Waals surface area contributed by atoms with E-state index in [1.165, 1.54) is 6.08 Å². The Kier molecular flexibility index (Phi) is 3.43. The van der Waals surface area contributed by atoms with Gasteiger partial charge in [-0.05, 0) is 48.0 Å². The number of carbonyl (C=O) groups excluding carboxylic acids is 1. The number of nitrogens with one attached hydrogen (secondary N) is 2. The molecule has 1 amide bonds. The summed E-state index contributed by atoms with van der Waals surface area (Å²) in [5, 5.41) is 3.91. The Hall–Kier alpha value is -3.01. The molecular formula is C17H15N3O. The summed E-state index contributed by atoms with van der Waals surface area (Å²) in [5.74, 6) is -0.165. The molecule has 104 valence electrons. The number of carbonyl (C=O) groups is 1. The molecule has 0 unspecified atom stereocenters. The van der Waals surface area contributed by atoms with E-state index in [4.69, 9.17) is 5.73 Å². The van der Waals surface area contributed by atoms with Gasteiger partial charge in [-0.3, -0.25) is 4.79 Å². The first kappa shape index (κ1) is 13.0. The molecule has 4 nitrogen and oxygen atoms in total. The zero-order chi connectivity index (χ0) is 14.7. The Bertz CT molecular complexity index is 800. The highest BCUT2D eigenvalue weighted by atomic mass is 16.1. The third kappa shape index (κ3) is 3.12. The van der Waals surface area contributed by atoms with Crippen LogP contribution in [0.3, 0.4) is 0 Å². The topological polar surface area (TPSA) is 70.9 Å². The number of nitrogens with two attached hydrogens (primary N) is 1. The van der Waals surface area contributed by atoms with Crippen molar-refractivity contribution >= 4 is 34.3 Å². The molecule has 0 aliphatic heterocycles. The summed E-state index contributed by atoms with van der Waals surface area (Å²) in [4.78, 5) is 15.0. The van der Waals surface area contributed by atoms with E-state index in [0.29, 0.717) is 5.69 Å². The average molecular weight is 277 g/mol. The lowest BCUT2D eigenvalue weighted by Crippen LogP contribution is -2.07. The molecule has 0 aliphatic carbocycles. The maximum Gasteiger partial charge on any atom is 0.248 e. The molecule has 0 bridgehead atoms. The van der Waals surface area contributed by atoms with Gasteiger partial charge in [-0.25, -0.2) is 0 Å². The predicted octanol–water partition coefficient (Wildman–Crippen LogP) is 3.40. The predicted molar refractivity (Wildman–Crippen MR) is 86.8 cm³/mol. The number of nitrogen functional groups attached to an aromatic ring is 1. The second-order valence-corrected chi connectivity index (χ2v) is 4.77. The smallest absolute Gasteiger partial charge is 0.248 e. The molecule has 3 rings (SSSR count). The number of hydrogen-bond donors (Lipinski definition) is 3. The first-order valence-electron chi connectivity index (χ1n) is 6.62.